The summed E-state index contributed by atoms with van der Waals surface area (Å²) in [5.74, 6) is -1.61. The molecule has 2 amide bonds. The van der Waals surface area contributed by atoms with Crippen LogP contribution in [0.25, 0.3) is 10.2 Å². The third kappa shape index (κ3) is 3.15. The average Bonchev–Trinajstić information content (AvgIpc) is 3.18. The predicted octanol–water partition coefficient (Wildman–Crippen LogP) is 4.08. The lowest BCUT2D eigenvalue weighted by molar-refractivity contribution is -0.122. The maximum atomic E-state index is 13.9. The van der Waals surface area contributed by atoms with Crippen molar-refractivity contribution in [3.63, 3.8) is 0 Å². The van der Waals surface area contributed by atoms with Crippen molar-refractivity contribution in [2.45, 2.75) is 6.42 Å². The van der Waals surface area contributed by atoms with Gasteiger partial charge in [-0.25, -0.2) is 9.37 Å². The lowest BCUT2D eigenvalue weighted by Crippen LogP contribution is -2.28. The summed E-state index contributed by atoms with van der Waals surface area (Å²) in [4.78, 5) is 30.4. The van der Waals surface area contributed by atoms with Gasteiger partial charge in [-0.1, -0.05) is 35.1 Å². The van der Waals surface area contributed by atoms with Gasteiger partial charge in [-0.15, -0.1) is 0 Å². The van der Waals surface area contributed by atoms with Crippen LogP contribution in [0.4, 0.5) is 15.2 Å². The first-order valence-electron chi connectivity index (χ1n) is 7.93. The van der Waals surface area contributed by atoms with Crippen LogP contribution >= 0.6 is 22.9 Å². The van der Waals surface area contributed by atoms with Gasteiger partial charge < -0.3 is 10.2 Å². The Labute approximate surface area is 157 Å². The lowest BCUT2D eigenvalue weighted by Gasteiger charge is -2.17. The number of halogens is 2. The van der Waals surface area contributed by atoms with E-state index in [9.17, 15) is 14.0 Å². The molecule has 0 aliphatic carbocycles. The maximum Gasteiger partial charge on any atom is 0.231 e. The summed E-state index contributed by atoms with van der Waals surface area (Å²) in [5.41, 5.74) is 0.938. The topological polar surface area (TPSA) is 62.3 Å². The molecule has 0 spiro atoms. The number of thiazole rings is 1. The zero-order valence-corrected chi connectivity index (χ0v) is 15.0. The summed E-state index contributed by atoms with van der Waals surface area (Å²) in [6.07, 6.45) is 0.0386. The van der Waals surface area contributed by atoms with Gasteiger partial charge in [0, 0.05) is 18.0 Å². The minimum Gasteiger partial charge on any atom is -0.309 e. The van der Waals surface area contributed by atoms with Crippen molar-refractivity contribution in [2.24, 2.45) is 5.92 Å². The van der Waals surface area contributed by atoms with Gasteiger partial charge in [0.1, 0.15) is 5.82 Å². The van der Waals surface area contributed by atoms with E-state index in [1.807, 2.05) is 0 Å². The molecule has 1 N–H and O–H groups in total. The number of amides is 2. The highest BCUT2D eigenvalue weighted by Gasteiger charge is 2.36. The Hall–Kier alpha value is -2.51. The molecule has 5 nitrogen and oxygen atoms in total. The number of benzene rings is 2. The van der Waals surface area contributed by atoms with Gasteiger partial charge in [0.25, 0.3) is 0 Å². The Morgan fingerprint density at radius 1 is 1.31 bits per heavy atom. The van der Waals surface area contributed by atoms with E-state index < -0.39 is 11.7 Å². The molecule has 4 rings (SSSR count). The summed E-state index contributed by atoms with van der Waals surface area (Å²) >= 11 is 7.27. The second kappa shape index (κ2) is 6.66. The van der Waals surface area contributed by atoms with Crippen LogP contribution in [0, 0.1) is 11.7 Å². The standard InChI is InChI=1S/C18H13ClFN3O2S/c19-11-5-6-13-15(8-11)26-18(21-13)22-17(25)10-7-16(24)23(9-10)14-4-2-1-3-12(14)20/h1-6,8,10H,7,9H2,(H,21,22,25)/t10-/m0/s1. The number of rotatable bonds is 3. The number of carbonyl (C=O) groups excluding carboxylic acids is 2. The number of para-hydroxylation sites is 1. The predicted molar refractivity (Wildman–Crippen MR) is 100 cm³/mol. The molecule has 0 bridgehead atoms. The fourth-order valence-corrected chi connectivity index (χ4v) is 4.09. The van der Waals surface area contributed by atoms with Crippen LogP contribution in [0.1, 0.15) is 6.42 Å². The van der Waals surface area contributed by atoms with E-state index in [0.717, 1.165) is 10.2 Å². The molecule has 3 aromatic rings. The first-order chi connectivity index (χ1) is 12.5. The Bertz CT molecular complexity index is 1020. The van der Waals surface area contributed by atoms with Crippen LogP contribution < -0.4 is 10.2 Å². The molecule has 2 heterocycles. The molecule has 132 valence electrons. The highest BCUT2D eigenvalue weighted by Crippen LogP contribution is 2.31. The van der Waals surface area contributed by atoms with Gasteiger partial charge in [0.2, 0.25) is 11.8 Å². The summed E-state index contributed by atoms with van der Waals surface area (Å²) < 4.78 is 14.8. The fourth-order valence-electron chi connectivity index (χ4n) is 2.95. The minimum absolute atomic E-state index is 0.0386. The molecule has 1 atom stereocenters. The minimum atomic E-state index is -0.558. The van der Waals surface area contributed by atoms with Crippen molar-refractivity contribution < 1.29 is 14.0 Å². The van der Waals surface area contributed by atoms with Gasteiger partial charge >= 0.3 is 0 Å². The molecule has 2 aromatic carbocycles. The number of fused-ring (bicyclic) bond motifs is 1. The van der Waals surface area contributed by atoms with E-state index in [0.29, 0.717) is 10.2 Å². The largest absolute Gasteiger partial charge is 0.309 e. The molecule has 8 heteroatoms. The quantitative estimate of drug-likeness (QED) is 0.734. The van der Waals surface area contributed by atoms with Crippen LogP contribution in [-0.2, 0) is 9.59 Å². The number of hydrogen-bond acceptors (Lipinski definition) is 4. The Morgan fingerprint density at radius 2 is 2.12 bits per heavy atom. The number of hydrogen-bond donors (Lipinski definition) is 1. The fraction of sp³-hybridized carbons (Fsp3) is 0.167. The van der Waals surface area contributed by atoms with Crippen LogP contribution in [0.15, 0.2) is 42.5 Å². The second-order valence-corrected chi connectivity index (χ2v) is 7.44. The Morgan fingerprint density at radius 3 is 2.92 bits per heavy atom. The van der Waals surface area contributed by atoms with E-state index in [2.05, 4.69) is 10.3 Å². The molecule has 1 aliphatic rings. The molecule has 1 aromatic heterocycles. The first kappa shape index (κ1) is 16.9. The molecule has 1 fully saturated rings. The zero-order valence-electron chi connectivity index (χ0n) is 13.4. The van der Waals surface area contributed by atoms with Gasteiger partial charge in [-0.2, -0.15) is 0 Å². The molecule has 1 aliphatic heterocycles. The molecule has 26 heavy (non-hydrogen) atoms. The van der Waals surface area contributed by atoms with Gasteiger partial charge in [-0.05, 0) is 30.3 Å². The molecular weight excluding hydrogens is 377 g/mol. The van der Waals surface area contributed by atoms with Gasteiger partial charge in [0.15, 0.2) is 5.13 Å². The third-order valence-electron chi connectivity index (χ3n) is 4.22. The monoisotopic (exact) mass is 389 g/mol. The molecule has 0 radical (unpaired) electrons. The van der Waals surface area contributed by atoms with E-state index >= 15 is 0 Å². The van der Waals surface area contributed by atoms with Crippen molar-refractivity contribution >= 4 is 55.8 Å². The summed E-state index contributed by atoms with van der Waals surface area (Å²) in [6, 6.07) is 11.3. The van der Waals surface area contributed by atoms with Crippen LogP contribution in [0.5, 0.6) is 0 Å². The van der Waals surface area contributed by atoms with Crippen molar-refractivity contribution in [1.82, 2.24) is 4.98 Å². The number of nitrogens with zero attached hydrogens (tertiary/aromatic N) is 2. The van der Waals surface area contributed by atoms with E-state index in [4.69, 9.17) is 11.6 Å². The summed E-state index contributed by atoms with van der Waals surface area (Å²) in [5, 5.41) is 3.80. The van der Waals surface area contributed by atoms with Crippen molar-refractivity contribution in [3.8, 4) is 0 Å². The van der Waals surface area contributed by atoms with E-state index in [1.54, 1.807) is 30.3 Å². The number of nitrogens with one attached hydrogen (secondary N) is 1. The SMILES string of the molecule is O=C(Nc1nc2ccc(Cl)cc2s1)[C@H]1CC(=O)N(c2ccccc2F)C1. The Balaban J connectivity index is 1.50. The van der Waals surface area contributed by atoms with Gasteiger partial charge in [-0.3, -0.25) is 9.59 Å². The molecule has 0 saturated carbocycles. The highest BCUT2D eigenvalue weighted by molar-refractivity contribution is 7.22. The van der Waals surface area contributed by atoms with Crippen molar-refractivity contribution in [3.05, 3.63) is 53.3 Å². The zero-order chi connectivity index (χ0) is 18.3. The number of carbonyl (C=O) groups is 2. The summed E-state index contributed by atoms with van der Waals surface area (Å²) in [7, 11) is 0. The van der Waals surface area contributed by atoms with Crippen LogP contribution in [0.2, 0.25) is 5.02 Å². The van der Waals surface area contributed by atoms with Gasteiger partial charge in [0.05, 0.1) is 21.8 Å². The molecule has 1 saturated heterocycles. The normalized spacial score (nSPS) is 17.1. The third-order valence-corrected chi connectivity index (χ3v) is 5.39. The lowest BCUT2D eigenvalue weighted by atomic mass is 10.1. The van der Waals surface area contributed by atoms with Crippen LogP contribution in [-0.4, -0.2) is 23.3 Å². The Kier molecular flexibility index (Phi) is 4.34. The second-order valence-electron chi connectivity index (χ2n) is 5.98. The first-order valence-corrected chi connectivity index (χ1v) is 9.12. The van der Waals surface area contributed by atoms with Crippen molar-refractivity contribution in [2.75, 3.05) is 16.8 Å². The molecule has 0 unspecified atom stereocenters. The summed E-state index contributed by atoms with van der Waals surface area (Å²) in [6.45, 7) is 0.141. The smallest absolute Gasteiger partial charge is 0.231 e. The van der Waals surface area contributed by atoms with Crippen molar-refractivity contribution in [1.29, 1.82) is 0 Å². The average molecular weight is 390 g/mol. The van der Waals surface area contributed by atoms with E-state index in [-0.39, 0.29) is 30.5 Å². The number of anilines is 2. The maximum absolute atomic E-state index is 13.9. The van der Waals surface area contributed by atoms with E-state index in [1.165, 1.54) is 28.4 Å². The van der Waals surface area contributed by atoms with Crippen LogP contribution in [0.3, 0.4) is 0 Å². The molecular formula is C18H13ClFN3O2S. The number of aromatic nitrogens is 1. The highest BCUT2D eigenvalue weighted by atomic mass is 35.5.